The molecule has 3 N–H and O–H groups in total. The molecule has 17 nitrogen and oxygen atoms in total. The van der Waals surface area contributed by atoms with Gasteiger partial charge in [-0.2, -0.15) is 0 Å². The van der Waals surface area contributed by atoms with Crippen molar-refractivity contribution in [1.82, 2.24) is 0 Å². The fraction of sp³-hybridized carbons (Fsp3) is 0.938. The molecule has 19 heteroatoms. The maximum absolute atomic E-state index is 13.0. The molecule has 0 bridgehead atoms. The molecule has 3 unspecified atom stereocenters. The Morgan fingerprint density at radius 2 is 0.614 bits per heavy atom. The van der Waals surface area contributed by atoms with Crippen molar-refractivity contribution in [2.75, 3.05) is 39.6 Å². The predicted molar refractivity (Wildman–Crippen MR) is 331 cm³/mol. The molecular weight excluding hydrogens is 1100 g/mol. The summed E-state index contributed by atoms with van der Waals surface area (Å²) < 4.78 is 67.9. The van der Waals surface area contributed by atoms with Gasteiger partial charge >= 0.3 is 39.5 Å². The molecule has 0 aliphatic carbocycles. The van der Waals surface area contributed by atoms with Gasteiger partial charge in [0.15, 0.2) is 12.2 Å². The molecule has 0 saturated heterocycles. The fourth-order valence-electron chi connectivity index (χ4n) is 9.50. The van der Waals surface area contributed by atoms with E-state index in [0.717, 1.165) is 115 Å². The lowest BCUT2D eigenvalue weighted by Crippen LogP contribution is -2.30. The number of aliphatic hydroxyl groups excluding tert-OH is 1. The molecule has 0 saturated carbocycles. The molecule has 0 aliphatic heterocycles. The fourth-order valence-corrected chi connectivity index (χ4v) is 11.1. The lowest BCUT2D eigenvalue weighted by molar-refractivity contribution is -0.161. The first kappa shape index (κ1) is 81.1. The van der Waals surface area contributed by atoms with E-state index in [1.165, 1.54) is 122 Å². The minimum Gasteiger partial charge on any atom is -0.462 e. The molecule has 0 amide bonds. The number of carbonyl (C=O) groups is 4. The molecule has 0 aliphatic rings. The van der Waals surface area contributed by atoms with Gasteiger partial charge in [0.2, 0.25) is 0 Å². The van der Waals surface area contributed by atoms with E-state index >= 15 is 0 Å². The molecule has 6 atom stereocenters. The van der Waals surface area contributed by atoms with Crippen LogP contribution < -0.4 is 0 Å². The lowest BCUT2D eigenvalue weighted by atomic mass is 9.99. The maximum Gasteiger partial charge on any atom is 0.472 e. The second-order valence-electron chi connectivity index (χ2n) is 23.9. The van der Waals surface area contributed by atoms with Gasteiger partial charge in [0.25, 0.3) is 0 Å². The Morgan fingerprint density at radius 3 is 0.916 bits per heavy atom. The standard InChI is InChI=1S/C64H124O17P2/c1-7-10-12-14-16-17-18-19-20-21-30-36-42-48-63(68)80-60(53-75-62(67)47-41-35-29-25-23-28-33-39-45-57(6)9-3)55-79-83(72,73)77-51-58(65)50-76-82(70,71)78-54-59(52-74-61(66)46-40-34-26-15-13-11-8-2)81-64(69)49-43-37-31-24-22-27-32-38-44-56(4)5/h56-60,65H,7-55H2,1-6H3,(H,70,71)(H,72,73)/t57?,58-,59+,60+/m0/s1. The third kappa shape index (κ3) is 57.6. The van der Waals surface area contributed by atoms with Gasteiger partial charge in [0.05, 0.1) is 26.4 Å². The Labute approximate surface area is 505 Å². The molecule has 0 rings (SSSR count). The molecule has 0 radical (unpaired) electrons. The second kappa shape index (κ2) is 56.6. The minimum atomic E-state index is -4.94. The van der Waals surface area contributed by atoms with E-state index in [4.69, 9.17) is 37.0 Å². The van der Waals surface area contributed by atoms with Crippen LogP contribution in [-0.2, 0) is 65.4 Å². The molecule has 0 fully saturated rings. The van der Waals surface area contributed by atoms with Crippen LogP contribution in [0.2, 0.25) is 0 Å². The number of phosphoric acid groups is 2. The highest BCUT2D eigenvalue weighted by atomic mass is 31.2. The van der Waals surface area contributed by atoms with Crippen LogP contribution in [0.5, 0.6) is 0 Å². The quantitative estimate of drug-likeness (QED) is 0.0222. The van der Waals surface area contributed by atoms with Gasteiger partial charge in [-0.3, -0.25) is 37.3 Å². The van der Waals surface area contributed by atoms with Crippen molar-refractivity contribution in [2.24, 2.45) is 11.8 Å². The zero-order chi connectivity index (χ0) is 61.5. The third-order valence-electron chi connectivity index (χ3n) is 15.1. The largest absolute Gasteiger partial charge is 0.472 e. The summed E-state index contributed by atoms with van der Waals surface area (Å²) in [7, 11) is -9.88. The molecule has 0 aromatic heterocycles. The number of rotatable bonds is 63. The van der Waals surface area contributed by atoms with Crippen LogP contribution in [0.25, 0.3) is 0 Å². The molecule has 0 heterocycles. The molecule has 492 valence electrons. The van der Waals surface area contributed by atoms with Crippen molar-refractivity contribution in [3.05, 3.63) is 0 Å². The van der Waals surface area contributed by atoms with Crippen LogP contribution in [0.1, 0.15) is 318 Å². The van der Waals surface area contributed by atoms with Gasteiger partial charge in [0.1, 0.15) is 19.3 Å². The first-order valence-corrected chi connectivity index (χ1v) is 36.5. The van der Waals surface area contributed by atoms with E-state index in [-0.39, 0.29) is 25.7 Å². The van der Waals surface area contributed by atoms with Crippen molar-refractivity contribution >= 4 is 39.5 Å². The molecule has 0 aromatic carbocycles. The van der Waals surface area contributed by atoms with Gasteiger partial charge in [-0.1, -0.05) is 266 Å². The first-order valence-electron chi connectivity index (χ1n) is 33.5. The number of aliphatic hydroxyl groups is 1. The molecule has 83 heavy (non-hydrogen) atoms. The lowest BCUT2D eigenvalue weighted by Gasteiger charge is -2.21. The summed E-state index contributed by atoms with van der Waals surface area (Å²) in [4.78, 5) is 72.1. The van der Waals surface area contributed by atoms with E-state index in [9.17, 15) is 43.2 Å². The van der Waals surface area contributed by atoms with Crippen molar-refractivity contribution in [3.8, 4) is 0 Å². The number of unbranched alkanes of at least 4 members (excludes halogenated alkanes) is 32. The monoisotopic (exact) mass is 1230 g/mol. The second-order valence-corrected chi connectivity index (χ2v) is 26.8. The first-order chi connectivity index (χ1) is 39.9. The number of hydrogen-bond donors (Lipinski definition) is 3. The van der Waals surface area contributed by atoms with Crippen LogP contribution in [-0.4, -0.2) is 96.7 Å². The van der Waals surface area contributed by atoms with E-state index in [1.807, 2.05) is 0 Å². The Kier molecular flexibility index (Phi) is 55.2. The maximum atomic E-state index is 13.0. The van der Waals surface area contributed by atoms with Crippen molar-refractivity contribution < 1.29 is 80.2 Å². The molecular formula is C64H124O17P2. The highest BCUT2D eigenvalue weighted by Gasteiger charge is 2.30. The zero-order valence-electron chi connectivity index (χ0n) is 53.5. The van der Waals surface area contributed by atoms with Crippen molar-refractivity contribution in [2.45, 2.75) is 336 Å². The Hall–Kier alpha value is -1.94. The van der Waals surface area contributed by atoms with Crippen LogP contribution in [0.3, 0.4) is 0 Å². The predicted octanol–water partition coefficient (Wildman–Crippen LogP) is 17.7. The topological polar surface area (TPSA) is 237 Å². The third-order valence-corrected chi connectivity index (χ3v) is 17.0. The Bertz CT molecular complexity index is 1630. The summed E-state index contributed by atoms with van der Waals surface area (Å²) in [5.74, 6) is -0.642. The summed E-state index contributed by atoms with van der Waals surface area (Å²) in [5, 5.41) is 10.5. The van der Waals surface area contributed by atoms with Crippen molar-refractivity contribution in [1.29, 1.82) is 0 Å². The summed E-state index contributed by atoms with van der Waals surface area (Å²) >= 11 is 0. The Morgan fingerprint density at radius 1 is 0.349 bits per heavy atom. The highest BCUT2D eigenvalue weighted by molar-refractivity contribution is 7.47. The van der Waals surface area contributed by atoms with E-state index in [1.54, 1.807) is 0 Å². The molecule has 0 aromatic rings. The normalized spacial score (nSPS) is 14.6. The van der Waals surface area contributed by atoms with Crippen LogP contribution >= 0.6 is 15.6 Å². The minimum absolute atomic E-state index is 0.104. The number of phosphoric ester groups is 2. The average molecular weight is 1230 g/mol. The van der Waals surface area contributed by atoms with Gasteiger partial charge in [-0.05, 0) is 37.5 Å². The number of hydrogen-bond acceptors (Lipinski definition) is 15. The highest BCUT2D eigenvalue weighted by Crippen LogP contribution is 2.45. The van der Waals surface area contributed by atoms with Gasteiger partial charge in [-0.25, -0.2) is 9.13 Å². The van der Waals surface area contributed by atoms with Gasteiger partial charge < -0.3 is 33.8 Å². The number of esters is 4. The molecule has 0 spiro atoms. The van der Waals surface area contributed by atoms with E-state index < -0.39 is 97.5 Å². The van der Waals surface area contributed by atoms with E-state index in [0.29, 0.717) is 25.7 Å². The van der Waals surface area contributed by atoms with Crippen LogP contribution in [0.4, 0.5) is 0 Å². The van der Waals surface area contributed by atoms with Crippen LogP contribution in [0, 0.1) is 11.8 Å². The van der Waals surface area contributed by atoms with Crippen molar-refractivity contribution in [3.63, 3.8) is 0 Å². The number of ether oxygens (including phenoxy) is 4. The summed E-state index contributed by atoms with van der Waals surface area (Å²) in [6, 6.07) is 0. The zero-order valence-corrected chi connectivity index (χ0v) is 55.3. The average Bonchev–Trinajstić information content (AvgIpc) is 3.48. The SMILES string of the molecule is CCCCCCCCCCCCCCCC(=O)O[C@H](COC(=O)CCCCCCCCCCC(C)CC)COP(=O)(O)OC[C@@H](O)COP(=O)(O)OC[C@@H](COC(=O)CCCCCCCCC)OC(=O)CCCCCCCCCCC(C)C. The smallest absolute Gasteiger partial charge is 0.462 e. The van der Waals surface area contributed by atoms with Gasteiger partial charge in [-0.15, -0.1) is 0 Å². The summed E-state index contributed by atoms with van der Waals surface area (Å²) in [5.41, 5.74) is 0. The summed E-state index contributed by atoms with van der Waals surface area (Å²) in [6.07, 6.45) is 39.0. The summed E-state index contributed by atoms with van der Waals surface area (Å²) in [6.45, 7) is 9.42. The van der Waals surface area contributed by atoms with Crippen LogP contribution in [0.15, 0.2) is 0 Å². The number of carbonyl (C=O) groups excluding carboxylic acids is 4. The van der Waals surface area contributed by atoms with Gasteiger partial charge in [0, 0.05) is 25.7 Å². The van der Waals surface area contributed by atoms with E-state index in [2.05, 4.69) is 41.5 Å². The Balaban J connectivity index is 5.23.